The van der Waals surface area contributed by atoms with Gasteiger partial charge in [0.25, 0.3) is 0 Å². The van der Waals surface area contributed by atoms with Crippen molar-refractivity contribution in [3.63, 3.8) is 0 Å². The third-order valence-electron chi connectivity index (χ3n) is 6.73. The van der Waals surface area contributed by atoms with E-state index in [2.05, 4.69) is 15.5 Å². The molecule has 2 aromatic carbocycles. The first kappa shape index (κ1) is 27.4. The van der Waals surface area contributed by atoms with Gasteiger partial charge in [-0.3, -0.25) is 9.59 Å². The van der Waals surface area contributed by atoms with Gasteiger partial charge in [0.15, 0.2) is 11.5 Å². The molecule has 1 heterocycles. The summed E-state index contributed by atoms with van der Waals surface area (Å²) in [5.41, 5.74) is 1.90. The van der Waals surface area contributed by atoms with Gasteiger partial charge in [-0.15, -0.1) is 10.2 Å². The number of anilines is 1. The summed E-state index contributed by atoms with van der Waals surface area (Å²) in [6.45, 7) is 0.868. The molecule has 0 unspecified atom stereocenters. The van der Waals surface area contributed by atoms with Crippen molar-refractivity contribution in [2.45, 2.75) is 38.5 Å². The Bertz CT molecular complexity index is 1240. The van der Waals surface area contributed by atoms with Crippen LogP contribution in [-0.4, -0.2) is 61.3 Å². The lowest BCUT2D eigenvalue weighted by atomic mass is 10.1. The standard InChI is InChI=1S/C28H34N4O5S/c1-35-22-10-6-9-21(18-22)26-30-31-28(38-26)29-25(33)14-16-32(27(34)20-7-4-5-8-20)15-13-19-11-12-23(36-2)24(17-19)37-3/h6,9-12,17-18,20H,4-5,7-8,13-16H2,1-3H3,(H,29,31,33). The van der Waals surface area contributed by atoms with E-state index < -0.39 is 0 Å². The SMILES string of the molecule is COc1cccc(-c2nnc(NC(=O)CCN(CCc3ccc(OC)c(OC)c3)C(=O)C3CCCC3)s2)c1. The van der Waals surface area contributed by atoms with Gasteiger partial charge in [0.05, 0.1) is 21.3 Å². The summed E-state index contributed by atoms with van der Waals surface area (Å²) in [5.74, 6) is 2.02. The number of aromatic nitrogens is 2. The molecule has 38 heavy (non-hydrogen) atoms. The second-order valence-corrected chi connectivity index (χ2v) is 10.2. The molecule has 1 fully saturated rings. The molecule has 1 aromatic heterocycles. The maximum atomic E-state index is 13.3. The van der Waals surface area contributed by atoms with Gasteiger partial charge >= 0.3 is 0 Å². The van der Waals surface area contributed by atoms with Crippen molar-refractivity contribution in [2.24, 2.45) is 5.92 Å². The van der Waals surface area contributed by atoms with Gasteiger partial charge in [0.2, 0.25) is 16.9 Å². The quantitative estimate of drug-likeness (QED) is 0.353. The molecule has 1 N–H and O–H groups in total. The van der Waals surface area contributed by atoms with E-state index in [1.165, 1.54) is 11.3 Å². The number of carbonyl (C=O) groups is 2. The average molecular weight is 539 g/mol. The first-order valence-corrected chi connectivity index (χ1v) is 13.6. The molecule has 3 aromatic rings. The second kappa shape index (κ2) is 13.2. The zero-order valence-corrected chi connectivity index (χ0v) is 22.9. The third-order valence-corrected chi connectivity index (χ3v) is 7.62. The summed E-state index contributed by atoms with van der Waals surface area (Å²) in [4.78, 5) is 27.9. The summed E-state index contributed by atoms with van der Waals surface area (Å²) in [7, 11) is 4.82. The fourth-order valence-electron chi connectivity index (χ4n) is 4.63. The summed E-state index contributed by atoms with van der Waals surface area (Å²) in [5, 5.41) is 12.2. The van der Waals surface area contributed by atoms with Crippen molar-refractivity contribution in [1.82, 2.24) is 15.1 Å². The van der Waals surface area contributed by atoms with Crippen molar-refractivity contribution in [2.75, 3.05) is 39.7 Å². The predicted molar refractivity (Wildman–Crippen MR) is 147 cm³/mol. The number of nitrogens with zero attached hydrogens (tertiary/aromatic N) is 3. The lowest BCUT2D eigenvalue weighted by molar-refractivity contribution is -0.135. The van der Waals surface area contributed by atoms with E-state index in [0.717, 1.165) is 42.6 Å². The Balaban J connectivity index is 1.37. The summed E-state index contributed by atoms with van der Waals surface area (Å²) < 4.78 is 16.0. The molecule has 0 radical (unpaired) electrons. The van der Waals surface area contributed by atoms with Crippen LogP contribution in [0.2, 0.25) is 0 Å². The number of hydrogen-bond acceptors (Lipinski definition) is 8. The first-order valence-electron chi connectivity index (χ1n) is 12.8. The average Bonchev–Trinajstić information content (AvgIpc) is 3.65. The van der Waals surface area contributed by atoms with Crippen molar-refractivity contribution in [3.05, 3.63) is 48.0 Å². The molecule has 202 valence electrons. The molecule has 0 atom stereocenters. The minimum absolute atomic E-state index is 0.0389. The lowest BCUT2D eigenvalue weighted by Crippen LogP contribution is -2.38. The molecule has 4 rings (SSSR count). The van der Waals surface area contributed by atoms with E-state index in [0.29, 0.717) is 41.1 Å². The van der Waals surface area contributed by atoms with Crippen molar-refractivity contribution in [1.29, 1.82) is 0 Å². The van der Waals surface area contributed by atoms with Gasteiger partial charge in [-0.1, -0.05) is 42.4 Å². The molecule has 0 spiro atoms. The molecule has 0 aliphatic heterocycles. The minimum Gasteiger partial charge on any atom is -0.497 e. The number of benzene rings is 2. The van der Waals surface area contributed by atoms with E-state index in [4.69, 9.17) is 14.2 Å². The first-order chi connectivity index (χ1) is 18.5. The van der Waals surface area contributed by atoms with Gasteiger partial charge < -0.3 is 24.4 Å². The fourth-order valence-corrected chi connectivity index (χ4v) is 5.38. The van der Waals surface area contributed by atoms with E-state index in [9.17, 15) is 9.59 Å². The molecule has 2 amide bonds. The maximum absolute atomic E-state index is 13.3. The van der Waals surface area contributed by atoms with Crippen LogP contribution in [0.5, 0.6) is 17.2 Å². The van der Waals surface area contributed by atoms with Gasteiger partial charge in [-0.25, -0.2) is 0 Å². The molecule has 9 nitrogen and oxygen atoms in total. The Morgan fingerprint density at radius 2 is 1.76 bits per heavy atom. The van der Waals surface area contributed by atoms with Crippen molar-refractivity contribution in [3.8, 4) is 27.8 Å². The van der Waals surface area contributed by atoms with Crippen LogP contribution in [0.15, 0.2) is 42.5 Å². The number of methoxy groups -OCH3 is 3. The Kier molecular flexibility index (Phi) is 9.53. The van der Waals surface area contributed by atoms with E-state index in [1.807, 2.05) is 47.4 Å². The molecule has 0 saturated heterocycles. The third kappa shape index (κ3) is 7.00. The molecule has 1 aliphatic carbocycles. The van der Waals surface area contributed by atoms with Gasteiger partial charge in [-0.2, -0.15) is 0 Å². The molecular formula is C28H34N4O5S. The molecule has 10 heteroatoms. The van der Waals surface area contributed by atoms with Crippen LogP contribution in [0.3, 0.4) is 0 Å². The Labute approximate surface area is 227 Å². The van der Waals surface area contributed by atoms with Crippen LogP contribution in [0.1, 0.15) is 37.7 Å². The van der Waals surface area contributed by atoms with Gasteiger partial charge in [0.1, 0.15) is 10.8 Å². The second-order valence-electron chi connectivity index (χ2n) is 9.19. The van der Waals surface area contributed by atoms with Crippen LogP contribution in [0.4, 0.5) is 5.13 Å². The monoisotopic (exact) mass is 538 g/mol. The number of carbonyl (C=O) groups excluding carboxylic acids is 2. The number of nitrogens with one attached hydrogen (secondary N) is 1. The van der Waals surface area contributed by atoms with Crippen molar-refractivity contribution < 1.29 is 23.8 Å². The number of rotatable bonds is 12. The molecule has 1 saturated carbocycles. The van der Waals surface area contributed by atoms with Gasteiger partial charge in [-0.05, 0) is 49.1 Å². The molecule has 1 aliphatic rings. The highest BCUT2D eigenvalue weighted by molar-refractivity contribution is 7.18. The highest BCUT2D eigenvalue weighted by Crippen LogP contribution is 2.30. The van der Waals surface area contributed by atoms with Crippen LogP contribution in [-0.2, 0) is 16.0 Å². The van der Waals surface area contributed by atoms with Crippen molar-refractivity contribution >= 4 is 28.3 Å². The van der Waals surface area contributed by atoms with Gasteiger partial charge in [0, 0.05) is 31.0 Å². The largest absolute Gasteiger partial charge is 0.497 e. The van der Waals surface area contributed by atoms with E-state index in [1.54, 1.807) is 21.3 Å². The summed E-state index contributed by atoms with van der Waals surface area (Å²) in [6, 6.07) is 13.3. The van der Waals surface area contributed by atoms with Crippen LogP contribution >= 0.6 is 11.3 Å². The Hall–Kier alpha value is -3.66. The minimum atomic E-state index is -0.200. The predicted octanol–water partition coefficient (Wildman–Crippen LogP) is 4.82. The topological polar surface area (TPSA) is 103 Å². The van der Waals surface area contributed by atoms with Crippen LogP contribution in [0, 0.1) is 5.92 Å². The van der Waals surface area contributed by atoms with E-state index in [-0.39, 0.29) is 24.2 Å². The molecule has 0 bridgehead atoms. The summed E-state index contributed by atoms with van der Waals surface area (Å²) >= 11 is 1.30. The lowest BCUT2D eigenvalue weighted by Gasteiger charge is -2.25. The highest BCUT2D eigenvalue weighted by atomic mass is 32.1. The smallest absolute Gasteiger partial charge is 0.227 e. The number of hydrogen-bond donors (Lipinski definition) is 1. The normalized spacial score (nSPS) is 13.2. The van der Waals surface area contributed by atoms with Crippen LogP contribution < -0.4 is 19.5 Å². The van der Waals surface area contributed by atoms with E-state index >= 15 is 0 Å². The summed E-state index contributed by atoms with van der Waals surface area (Å²) in [6.07, 6.45) is 4.81. The number of amides is 2. The van der Waals surface area contributed by atoms with Crippen LogP contribution in [0.25, 0.3) is 10.6 Å². The highest BCUT2D eigenvalue weighted by Gasteiger charge is 2.27. The zero-order valence-electron chi connectivity index (χ0n) is 22.1. The number of ether oxygens (including phenoxy) is 3. The Morgan fingerprint density at radius 1 is 0.974 bits per heavy atom. The fraction of sp³-hybridized carbons (Fsp3) is 0.429. The maximum Gasteiger partial charge on any atom is 0.227 e. The molecular weight excluding hydrogens is 504 g/mol. The Morgan fingerprint density at radius 3 is 2.50 bits per heavy atom. The zero-order chi connectivity index (χ0) is 26.9.